The smallest absolute Gasteiger partial charge is 0.238 e. The summed E-state index contributed by atoms with van der Waals surface area (Å²) < 4.78 is 11.7. The van der Waals surface area contributed by atoms with Crippen LogP contribution in [-0.2, 0) is 11.3 Å². The molecule has 1 aliphatic heterocycles. The minimum absolute atomic E-state index is 0.111. The van der Waals surface area contributed by atoms with E-state index in [9.17, 15) is 4.79 Å². The van der Waals surface area contributed by atoms with E-state index in [1.807, 2.05) is 68.4 Å². The van der Waals surface area contributed by atoms with Crippen molar-refractivity contribution in [3.8, 4) is 11.5 Å². The Kier molecular flexibility index (Phi) is 8.85. The van der Waals surface area contributed by atoms with E-state index in [0.717, 1.165) is 29.0 Å². The molecule has 0 aromatic heterocycles. The fraction of sp³-hybridized carbons (Fsp3) is 0.375. The summed E-state index contributed by atoms with van der Waals surface area (Å²) in [6.07, 6.45) is 0. The summed E-state index contributed by atoms with van der Waals surface area (Å²) in [6.45, 7) is 14.7. The molecule has 6 heteroatoms. The molecule has 1 heterocycles. The largest absolute Gasteiger partial charge is 0.490 e. The Morgan fingerprint density at radius 2 is 1.50 bits per heavy atom. The summed E-state index contributed by atoms with van der Waals surface area (Å²) in [6, 6.07) is 22.9. The van der Waals surface area contributed by atoms with Crippen molar-refractivity contribution in [2.24, 2.45) is 4.99 Å². The maximum absolute atomic E-state index is 13.4. The Bertz CT molecular complexity index is 1260. The summed E-state index contributed by atoms with van der Waals surface area (Å²) in [5.74, 6) is 0.574. The van der Waals surface area contributed by atoms with Crippen molar-refractivity contribution in [2.75, 3.05) is 18.5 Å². The van der Waals surface area contributed by atoms with Crippen LogP contribution >= 0.6 is 0 Å². The van der Waals surface area contributed by atoms with E-state index in [1.54, 1.807) is 0 Å². The van der Waals surface area contributed by atoms with Crippen LogP contribution in [0.3, 0.4) is 0 Å². The lowest BCUT2D eigenvalue weighted by Gasteiger charge is -2.30. The maximum atomic E-state index is 13.4. The number of fused-ring (bicyclic) bond motifs is 1. The fourth-order valence-electron chi connectivity index (χ4n) is 4.97. The molecule has 1 aliphatic rings. The van der Waals surface area contributed by atoms with Crippen LogP contribution in [0, 0.1) is 0 Å². The quantitative estimate of drug-likeness (QED) is 0.282. The molecule has 1 unspecified atom stereocenters. The number of nitrogens with zero attached hydrogens (tertiary/aromatic N) is 2. The molecule has 200 valence electrons. The molecule has 38 heavy (non-hydrogen) atoms. The SMILES string of the molecule is CCOc1cc2c(cc1OCC)C(C(=Nc1ccc(CN(C(C)C)C(C)C)cc1)c1ccccc1)C(=O)N2. The molecule has 0 saturated heterocycles. The first-order chi connectivity index (χ1) is 18.3. The van der Waals surface area contributed by atoms with E-state index in [0.29, 0.717) is 42.5 Å². The number of rotatable bonds is 11. The minimum Gasteiger partial charge on any atom is -0.490 e. The molecule has 3 aromatic carbocycles. The van der Waals surface area contributed by atoms with Crippen LogP contribution in [0.1, 0.15) is 64.2 Å². The molecule has 1 atom stereocenters. The predicted molar refractivity (Wildman–Crippen MR) is 155 cm³/mol. The standard InChI is InChI=1S/C32H39N3O3/c1-7-37-28-18-26-27(19-29(28)38-8-2)34-32(36)30(26)31(24-12-10-9-11-13-24)33-25-16-14-23(15-17-25)20-35(21(3)4)22(5)6/h9-19,21-22,30H,7-8,20H2,1-6H3,(H,34,36). The lowest BCUT2D eigenvalue weighted by Crippen LogP contribution is -2.36. The highest BCUT2D eigenvalue weighted by Gasteiger charge is 2.37. The van der Waals surface area contributed by atoms with Gasteiger partial charge in [-0.2, -0.15) is 0 Å². The molecular formula is C32H39N3O3. The van der Waals surface area contributed by atoms with Crippen LogP contribution < -0.4 is 14.8 Å². The van der Waals surface area contributed by atoms with Crippen LogP contribution in [0.25, 0.3) is 0 Å². The van der Waals surface area contributed by atoms with Gasteiger partial charge in [0.15, 0.2) is 11.5 Å². The predicted octanol–water partition coefficient (Wildman–Crippen LogP) is 6.96. The van der Waals surface area contributed by atoms with Gasteiger partial charge in [-0.15, -0.1) is 0 Å². The summed E-state index contributed by atoms with van der Waals surface area (Å²) >= 11 is 0. The van der Waals surface area contributed by atoms with E-state index < -0.39 is 5.92 Å². The van der Waals surface area contributed by atoms with Gasteiger partial charge >= 0.3 is 0 Å². The van der Waals surface area contributed by atoms with E-state index >= 15 is 0 Å². The maximum Gasteiger partial charge on any atom is 0.238 e. The Labute approximate surface area is 226 Å². The zero-order valence-corrected chi connectivity index (χ0v) is 23.3. The van der Waals surface area contributed by atoms with Crippen LogP contribution in [0.5, 0.6) is 11.5 Å². The van der Waals surface area contributed by atoms with Gasteiger partial charge in [-0.3, -0.25) is 14.7 Å². The number of ether oxygens (including phenoxy) is 2. The summed E-state index contributed by atoms with van der Waals surface area (Å²) in [5, 5.41) is 3.04. The number of aliphatic imine (C=N–C) groups is 1. The van der Waals surface area contributed by atoms with Gasteiger partial charge < -0.3 is 14.8 Å². The number of carbonyl (C=O) groups is 1. The van der Waals surface area contributed by atoms with Crippen molar-refractivity contribution in [1.29, 1.82) is 0 Å². The van der Waals surface area contributed by atoms with Crippen molar-refractivity contribution in [3.05, 3.63) is 83.4 Å². The minimum atomic E-state index is -0.570. The van der Waals surface area contributed by atoms with Gasteiger partial charge in [0, 0.05) is 30.4 Å². The van der Waals surface area contributed by atoms with Gasteiger partial charge in [0.05, 0.1) is 24.6 Å². The summed E-state index contributed by atoms with van der Waals surface area (Å²) in [4.78, 5) is 20.9. The Morgan fingerprint density at radius 1 is 0.895 bits per heavy atom. The lowest BCUT2D eigenvalue weighted by molar-refractivity contribution is -0.115. The fourth-order valence-corrected chi connectivity index (χ4v) is 4.97. The Morgan fingerprint density at radius 3 is 2.08 bits per heavy atom. The van der Waals surface area contributed by atoms with E-state index in [4.69, 9.17) is 14.5 Å². The highest BCUT2D eigenvalue weighted by Crippen LogP contribution is 2.43. The first kappa shape index (κ1) is 27.4. The zero-order valence-electron chi connectivity index (χ0n) is 23.3. The number of benzene rings is 3. The average molecular weight is 514 g/mol. The van der Waals surface area contributed by atoms with Gasteiger partial charge in [-0.25, -0.2) is 0 Å². The number of carbonyl (C=O) groups excluding carboxylic acids is 1. The third-order valence-corrected chi connectivity index (χ3v) is 6.77. The van der Waals surface area contributed by atoms with Crippen molar-refractivity contribution in [3.63, 3.8) is 0 Å². The number of hydrogen-bond donors (Lipinski definition) is 1. The average Bonchev–Trinajstić information content (AvgIpc) is 3.21. The molecule has 0 spiro atoms. The second-order valence-corrected chi connectivity index (χ2v) is 10.1. The van der Waals surface area contributed by atoms with Crippen molar-refractivity contribution in [2.45, 2.75) is 66.1 Å². The summed E-state index contributed by atoms with van der Waals surface area (Å²) in [5.41, 5.74) is 5.22. The molecule has 1 amide bonds. The highest BCUT2D eigenvalue weighted by atomic mass is 16.5. The molecular weight excluding hydrogens is 474 g/mol. The Hall–Kier alpha value is -3.64. The molecule has 0 fully saturated rings. The van der Waals surface area contributed by atoms with Crippen molar-refractivity contribution < 1.29 is 14.3 Å². The lowest BCUT2D eigenvalue weighted by atomic mass is 9.90. The van der Waals surface area contributed by atoms with Gasteiger partial charge in [0.25, 0.3) is 0 Å². The third kappa shape index (κ3) is 6.08. The third-order valence-electron chi connectivity index (χ3n) is 6.77. The molecule has 6 nitrogen and oxygen atoms in total. The van der Waals surface area contributed by atoms with Gasteiger partial charge in [0.1, 0.15) is 5.92 Å². The number of nitrogens with one attached hydrogen (secondary N) is 1. The molecule has 3 aromatic rings. The molecule has 0 radical (unpaired) electrons. The molecule has 1 N–H and O–H groups in total. The van der Waals surface area contributed by atoms with E-state index in [2.05, 4.69) is 50.0 Å². The van der Waals surface area contributed by atoms with Crippen LogP contribution in [0.4, 0.5) is 11.4 Å². The highest BCUT2D eigenvalue weighted by molar-refractivity contribution is 6.24. The van der Waals surface area contributed by atoms with Crippen molar-refractivity contribution >= 4 is 23.0 Å². The second-order valence-electron chi connectivity index (χ2n) is 10.1. The molecule has 0 bridgehead atoms. The topological polar surface area (TPSA) is 63.2 Å². The molecule has 4 rings (SSSR count). The number of amides is 1. The normalized spacial score (nSPS) is 15.2. The first-order valence-electron chi connectivity index (χ1n) is 13.5. The second kappa shape index (κ2) is 12.3. The Balaban J connectivity index is 1.74. The monoisotopic (exact) mass is 513 g/mol. The molecule has 0 saturated carbocycles. The first-order valence-corrected chi connectivity index (χ1v) is 13.5. The zero-order chi connectivity index (χ0) is 27.2. The van der Waals surface area contributed by atoms with Gasteiger partial charge in [-0.1, -0.05) is 42.5 Å². The van der Waals surface area contributed by atoms with Gasteiger partial charge in [-0.05, 0) is 76.4 Å². The van der Waals surface area contributed by atoms with E-state index in [1.165, 1.54) is 5.56 Å². The van der Waals surface area contributed by atoms with E-state index in [-0.39, 0.29) is 5.91 Å². The van der Waals surface area contributed by atoms with Crippen LogP contribution in [0.15, 0.2) is 71.7 Å². The van der Waals surface area contributed by atoms with Crippen LogP contribution in [-0.4, -0.2) is 41.8 Å². The van der Waals surface area contributed by atoms with Crippen LogP contribution in [0.2, 0.25) is 0 Å². The summed E-state index contributed by atoms with van der Waals surface area (Å²) in [7, 11) is 0. The number of anilines is 1. The number of hydrogen-bond acceptors (Lipinski definition) is 5. The molecule has 0 aliphatic carbocycles. The van der Waals surface area contributed by atoms with Crippen molar-refractivity contribution in [1.82, 2.24) is 4.90 Å². The van der Waals surface area contributed by atoms with Gasteiger partial charge in [0.2, 0.25) is 5.91 Å².